The van der Waals surface area contributed by atoms with Crippen molar-refractivity contribution in [2.24, 2.45) is 0 Å². The molecule has 2 amide bonds. The number of hydrogen-bond acceptors (Lipinski definition) is 2. The summed E-state index contributed by atoms with van der Waals surface area (Å²) in [5.74, 6) is 0.841. The van der Waals surface area contributed by atoms with Crippen LogP contribution in [0, 0.1) is 6.92 Å². The minimum atomic E-state index is -0.171. The van der Waals surface area contributed by atoms with Gasteiger partial charge < -0.3 is 15.4 Å². The average molecular weight is 348 g/mol. The summed E-state index contributed by atoms with van der Waals surface area (Å²) in [5.41, 5.74) is 3.36. The van der Waals surface area contributed by atoms with Crippen molar-refractivity contribution in [3.05, 3.63) is 77.4 Å². The van der Waals surface area contributed by atoms with Gasteiger partial charge in [0, 0.05) is 6.54 Å². The van der Waals surface area contributed by atoms with Crippen molar-refractivity contribution >= 4 is 16.8 Å². The van der Waals surface area contributed by atoms with Gasteiger partial charge in [-0.05, 0) is 59.5 Å². The average Bonchev–Trinajstić information content (AvgIpc) is 2.66. The zero-order chi connectivity index (χ0) is 18.5. The Morgan fingerprint density at radius 1 is 1.04 bits per heavy atom. The molecule has 134 valence electrons. The quantitative estimate of drug-likeness (QED) is 0.701. The van der Waals surface area contributed by atoms with Gasteiger partial charge in [-0.2, -0.15) is 0 Å². The summed E-state index contributed by atoms with van der Waals surface area (Å²) < 4.78 is 5.25. The minimum Gasteiger partial charge on any atom is -0.497 e. The van der Waals surface area contributed by atoms with E-state index in [9.17, 15) is 4.79 Å². The van der Waals surface area contributed by atoms with E-state index in [1.165, 1.54) is 5.56 Å². The first-order chi connectivity index (χ1) is 12.6. The summed E-state index contributed by atoms with van der Waals surface area (Å²) in [4.78, 5) is 12.2. The normalized spacial score (nSPS) is 11.8. The number of nitrogens with one attached hydrogen (secondary N) is 2. The standard InChI is InChI=1S/C22H24N2O2/c1-15-6-4-5-7-21(15)16(2)24-22(25)23-14-17-8-9-19-13-20(26-3)11-10-18(19)12-17/h4-13,16H,14H2,1-3H3,(H2,23,24,25). The number of carbonyl (C=O) groups is 1. The van der Waals surface area contributed by atoms with Crippen molar-refractivity contribution in [1.82, 2.24) is 10.6 Å². The number of rotatable bonds is 5. The highest BCUT2D eigenvalue weighted by atomic mass is 16.5. The number of fused-ring (bicyclic) bond motifs is 1. The molecule has 26 heavy (non-hydrogen) atoms. The van der Waals surface area contributed by atoms with E-state index in [1.807, 2.05) is 55.5 Å². The van der Waals surface area contributed by atoms with Gasteiger partial charge in [-0.15, -0.1) is 0 Å². The smallest absolute Gasteiger partial charge is 0.315 e. The Labute approximate surface area is 154 Å². The summed E-state index contributed by atoms with van der Waals surface area (Å²) >= 11 is 0. The predicted octanol–water partition coefficient (Wildman–Crippen LogP) is 4.72. The van der Waals surface area contributed by atoms with Gasteiger partial charge in [0.1, 0.15) is 5.75 Å². The number of hydrogen-bond donors (Lipinski definition) is 2. The third-order valence-corrected chi connectivity index (χ3v) is 4.57. The molecule has 1 unspecified atom stereocenters. The van der Waals surface area contributed by atoms with Crippen molar-refractivity contribution in [1.29, 1.82) is 0 Å². The lowest BCUT2D eigenvalue weighted by Gasteiger charge is -2.17. The summed E-state index contributed by atoms with van der Waals surface area (Å²) in [5, 5.41) is 8.16. The molecule has 2 N–H and O–H groups in total. The number of carbonyl (C=O) groups excluding carboxylic acids is 1. The largest absolute Gasteiger partial charge is 0.497 e. The monoisotopic (exact) mass is 348 g/mol. The number of urea groups is 1. The van der Waals surface area contributed by atoms with E-state index < -0.39 is 0 Å². The maximum atomic E-state index is 12.2. The van der Waals surface area contributed by atoms with Crippen molar-refractivity contribution in [2.45, 2.75) is 26.4 Å². The van der Waals surface area contributed by atoms with Crippen molar-refractivity contribution in [3.63, 3.8) is 0 Å². The summed E-state index contributed by atoms with van der Waals surface area (Å²) in [7, 11) is 1.66. The molecule has 3 aromatic carbocycles. The van der Waals surface area contributed by atoms with Crippen LogP contribution in [-0.2, 0) is 6.54 Å². The lowest BCUT2D eigenvalue weighted by molar-refractivity contribution is 0.237. The molecule has 0 aromatic heterocycles. The third-order valence-electron chi connectivity index (χ3n) is 4.57. The van der Waals surface area contributed by atoms with E-state index in [0.29, 0.717) is 6.54 Å². The fourth-order valence-electron chi connectivity index (χ4n) is 3.09. The van der Waals surface area contributed by atoms with Crippen LogP contribution in [0.25, 0.3) is 10.8 Å². The Morgan fingerprint density at radius 2 is 1.77 bits per heavy atom. The fraction of sp³-hybridized carbons (Fsp3) is 0.227. The first kappa shape index (κ1) is 17.8. The number of amides is 2. The molecule has 0 heterocycles. The highest BCUT2D eigenvalue weighted by molar-refractivity contribution is 5.84. The third kappa shape index (κ3) is 4.14. The van der Waals surface area contributed by atoms with Crippen LogP contribution in [0.4, 0.5) is 4.79 Å². The molecule has 0 fully saturated rings. The lowest BCUT2D eigenvalue weighted by atomic mass is 10.0. The van der Waals surface area contributed by atoms with Crippen LogP contribution in [0.1, 0.15) is 29.7 Å². The molecule has 0 bridgehead atoms. The molecule has 4 heteroatoms. The molecule has 0 saturated heterocycles. The molecule has 0 aliphatic rings. The molecule has 4 nitrogen and oxygen atoms in total. The second-order valence-electron chi connectivity index (χ2n) is 6.45. The molecular formula is C22H24N2O2. The number of aryl methyl sites for hydroxylation is 1. The molecule has 0 spiro atoms. The molecule has 3 aromatic rings. The Kier molecular flexibility index (Phi) is 5.42. The Bertz CT molecular complexity index is 921. The van der Waals surface area contributed by atoms with Crippen LogP contribution in [0.3, 0.4) is 0 Å². The predicted molar refractivity (Wildman–Crippen MR) is 105 cm³/mol. The zero-order valence-electron chi connectivity index (χ0n) is 15.4. The van der Waals surface area contributed by atoms with E-state index in [2.05, 4.69) is 29.7 Å². The number of methoxy groups -OCH3 is 1. The van der Waals surface area contributed by atoms with E-state index in [0.717, 1.165) is 27.6 Å². The second kappa shape index (κ2) is 7.91. The molecule has 0 saturated carbocycles. The Hall–Kier alpha value is -3.01. The highest BCUT2D eigenvalue weighted by Gasteiger charge is 2.11. The topological polar surface area (TPSA) is 50.4 Å². The number of ether oxygens (including phenoxy) is 1. The maximum absolute atomic E-state index is 12.2. The van der Waals surface area contributed by atoms with E-state index >= 15 is 0 Å². The zero-order valence-corrected chi connectivity index (χ0v) is 15.4. The van der Waals surface area contributed by atoms with E-state index in [1.54, 1.807) is 7.11 Å². The summed E-state index contributed by atoms with van der Waals surface area (Å²) in [6.07, 6.45) is 0. The van der Waals surface area contributed by atoms with Crippen LogP contribution in [-0.4, -0.2) is 13.1 Å². The summed E-state index contributed by atoms with van der Waals surface area (Å²) in [6.45, 7) is 4.52. The second-order valence-corrected chi connectivity index (χ2v) is 6.45. The van der Waals surface area contributed by atoms with Gasteiger partial charge in [0.05, 0.1) is 13.2 Å². The Morgan fingerprint density at radius 3 is 2.54 bits per heavy atom. The Balaban J connectivity index is 1.60. The van der Waals surface area contributed by atoms with Gasteiger partial charge >= 0.3 is 6.03 Å². The van der Waals surface area contributed by atoms with Gasteiger partial charge in [-0.1, -0.05) is 42.5 Å². The van der Waals surface area contributed by atoms with Crippen LogP contribution >= 0.6 is 0 Å². The molecular weight excluding hydrogens is 324 g/mol. The fourth-order valence-corrected chi connectivity index (χ4v) is 3.09. The van der Waals surface area contributed by atoms with Gasteiger partial charge in [-0.3, -0.25) is 0 Å². The lowest BCUT2D eigenvalue weighted by Crippen LogP contribution is -2.36. The van der Waals surface area contributed by atoms with Crippen molar-refractivity contribution < 1.29 is 9.53 Å². The van der Waals surface area contributed by atoms with Crippen LogP contribution < -0.4 is 15.4 Å². The molecule has 3 rings (SSSR count). The van der Waals surface area contributed by atoms with Gasteiger partial charge in [0.25, 0.3) is 0 Å². The molecule has 0 aliphatic carbocycles. The molecule has 0 aliphatic heterocycles. The first-order valence-electron chi connectivity index (χ1n) is 8.73. The van der Waals surface area contributed by atoms with E-state index in [-0.39, 0.29) is 12.1 Å². The number of benzene rings is 3. The van der Waals surface area contributed by atoms with Crippen LogP contribution in [0.5, 0.6) is 5.75 Å². The SMILES string of the molecule is COc1ccc2cc(CNC(=O)NC(C)c3ccccc3C)ccc2c1. The molecule has 0 radical (unpaired) electrons. The highest BCUT2D eigenvalue weighted by Crippen LogP contribution is 2.22. The maximum Gasteiger partial charge on any atom is 0.315 e. The van der Waals surface area contributed by atoms with Gasteiger partial charge in [0.15, 0.2) is 0 Å². The molecule has 1 atom stereocenters. The van der Waals surface area contributed by atoms with E-state index in [4.69, 9.17) is 4.74 Å². The van der Waals surface area contributed by atoms with Crippen molar-refractivity contribution in [2.75, 3.05) is 7.11 Å². The first-order valence-corrected chi connectivity index (χ1v) is 8.73. The van der Waals surface area contributed by atoms with Crippen LogP contribution in [0.2, 0.25) is 0 Å². The van der Waals surface area contributed by atoms with Crippen molar-refractivity contribution in [3.8, 4) is 5.75 Å². The van der Waals surface area contributed by atoms with Gasteiger partial charge in [-0.25, -0.2) is 4.79 Å². The van der Waals surface area contributed by atoms with Crippen LogP contribution in [0.15, 0.2) is 60.7 Å². The summed E-state index contributed by atoms with van der Waals surface area (Å²) in [6, 6.07) is 20.0. The minimum absolute atomic E-state index is 0.0414. The van der Waals surface area contributed by atoms with Gasteiger partial charge in [0.2, 0.25) is 0 Å².